The van der Waals surface area contributed by atoms with Gasteiger partial charge in [0.2, 0.25) is 0 Å². The zero-order valence-corrected chi connectivity index (χ0v) is 34.3. The molecule has 0 atom stereocenters. The summed E-state index contributed by atoms with van der Waals surface area (Å²) in [6.07, 6.45) is 0. The summed E-state index contributed by atoms with van der Waals surface area (Å²) in [5.41, 5.74) is 14.0. The molecule has 0 bridgehead atoms. The molecule has 0 aliphatic carbocycles. The Kier molecular flexibility index (Phi) is 10.1. The van der Waals surface area contributed by atoms with Gasteiger partial charge in [0.25, 0.3) is 0 Å². The summed E-state index contributed by atoms with van der Waals surface area (Å²) in [6, 6.07) is 81.2. The fourth-order valence-corrected chi connectivity index (χ4v) is 9.05. The lowest BCUT2D eigenvalue weighted by atomic mass is 9.98. The molecule has 9 aromatic carbocycles. The van der Waals surface area contributed by atoms with E-state index in [1.807, 2.05) is 0 Å². The second-order valence-electron chi connectivity index (χ2n) is 15.9. The van der Waals surface area contributed by atoms with Crippen LogP contribution < -0.4 is 15.0 Å². The first-order valence-corrected chi connectivity index (χ1v) is 23.6. The highest BCUT2D eigenvalue weighted by Crippen LogP contribution is 2.39. The number of fused-ring (bicyclic) bond motifs is 1. The topological polar surface area (TPSA) is 6.48 Å². The maximum absolute atomic E-state index is 2.40. The van der Waals surface area contributed by atoms with Crippen LogP contribution in [0.25, 0.3) is 44.2 Å². The summed E-state index contributed by atoms with van der Waals surface area (Å²) in [5.74, 6) is 0. The molecule has 0 aliphatic heterocycles. The van der Waals surface area contributed by atoms with Crippen molar-refractivity contribution in [3.8, 4) is 33.4 Å². The summed E-state index contributed by atoms with van der Waals surface area (Å²) in [5, 5.41) is 3.99. The zero-order chi connectivity index (χ0) is 39.5. The van der Waals surface area contributed by atoms with Crippen molar-refractivity contribution in [3.05, 3.63) is 224 Å². The van der Waals surface area contributed by atoms with Crippen LogP contribution in [0.2, 0.25) is 19.6 Å². The SMILES string of the molecule is C[Si](C)(C)c1ccc(N(c2ccccc2)c2ccc(-c3ccc(-c4ccc(N(c5ccccc5)c5ccc(-c6cccc7ccccc67)cc5)cc4)cc3)cc2)cc1. The van der Waals surface area contributed by atoms with Gasteiger partial charge in [0, 0.05) is 34.1 Å². The quantitative estimate of drug-likeness (QED) is 0.128. The molecule has 280 valence electrons. The van der Waals surface area contributed by atoms with Gasteiger partial charge in [-0.25, -0.2) is 0 Å². The van der Waals surface area contributed by atoms with E-state index in [2.05, 4.69) is 254 Å². The summed E-state index contributed by atoms with van der Waals surface area (Å²) in [4.78, 5) is 4.66. The molecular formula is C55H46N2Si. The molecule has 0 fully saturated rings. The standard InChI is InChI=1S/C55H46N2Si/c1-58(2,3)53-39-37-52(38-40-53)57(48-17-8-5-9-18-48)50-33-27-44(28-34-50)42-23-21-41(22-24-42)43-25-31-49(32-26-43)56(47-15-6-4-7-16-47)51-35-29-46(30-36-51)55-20-12-14-45-13-10-11-19-54(45)55/h4-40H,1-3H3. The van der Waals surface area contributed by atoms with Gasteiger partial charge in [-0.05, 0) is 117 Å². The highest BCUT2D eigenvalue weighted by Gasteiger charge is 2.18. The van der Waals surface area contributed by atoms with Gasteiger partial charge in [-0.2, -0.15) is 0 Å². The van der Waals surface area contributed by atoms with E-state index >= 15 is 0 Å². The minimum Gasteiger partial charge on any atom is -0.311 e. The Morgan fingerprint density at radius 2 is 0.603 bits per heavy atom. The number of hydrogen-bond acceptors (Lipinski definition) is 2. The van der Waals surface area contributed by atoms with Crippen molar-refractivity contribution in [1.29, 1.82) is 0 Å². The molecule has 0 aliphatic rings. The van der Waals surface area contributed by atoms with E-state index in [1.54, 1.807) is 0 Å². The molecule has 0 saturated carbocycles. The third-order valence-electron chi connectivity index (χ3n) is 11.0. The summed E-state index contributed by atoms with van der Waals surface area (Å²) >= 11 is 0. The number of hydrogen-bond donors (Lipinski definition) is 0. The molecule has 0 aromatic heterocycles. The van der Waals surface area contributed by atoms with E-state index < -0.39 is 8.07 Å². The Hall–Kier alpha value is -6.94. The highest BCUT2D eigenvalue weighted by molar-refractivity contribution is 6.88. The number of anilines is 6. The minimum absolute atomic E-state index is 1.11. The van der Waals surface area contributed by atoms with Crippen molar-refractivity contribution in [1.82, 2.24) is 0 Å². The van der Waals surface area contributed by atoms with Gasteiger partial charge in [-0.3, -0.25) is 0 Å². The van der Waals surface area contributed by atoms with Crippen LogP contribution >= 0.6 is 0 Å². The van der Waals surface area contributed by atoms with Gasteiger partial charge in [-0.1, -0.05) is 176 Å². The van der Waals surface area contributed by atoms with Gasteiger partial charge in [0.1, 0.15) is 0 Å². The normalized spacial score (nSPS) is 11.4. The zero-order valence-electron chi connectivity index (χ0n) is 33.3. The molecule has 2 nitrogen and oxygen atoms in total. The van der Waals surface area contributed by atoms with E-state index in [0.717, 1.165) is 34.1 Å². The van der Waals surface area contributed by atoms with E-state index in [1.165, 1.54) is 49.3 Å². The molecule has 0 radical (unpaired) electrons. The molecule has 0 heterocycles. The van der Waals surface area contributed by atoms with Crippen LogP contribution in [-0.4, -0.2) is 8.07 Å². The van der Waals surface area contributed by atoms with Gasteiger partial charge in [-0.15, -0.1) is 0 Å². The summed E-state index contributed by atoms with van der Waals surface area (Å²) in [6.45, 7) is 7.19. The summed E-state index contributed by atoms with van der Waals surface area (Å²) in [7, 11) is -1.39. The van der Waals surface area contributed by atoms with Crippen molar-refractivity contribution in [2.75, 3.05) is 9.80 Å². The summed E-state index contributed by atoms with van der Waals surface area (Å²) < 4.78 is 0. The molecule has 0 unspecified atom stereocenters. The lowest BCUT2D eigenvalue weighted by molar-refractivity contribution is 1.28. The second-order valence-corrected chi connectivity index (χ2v) is 21.0. The van der Waals surface area contributed by atoms with E-state index in [9.17, 15) is 0 Å². The molecule has 0 saturated heterocycles. The van der Waals surface area contributed by atoms with Crippen LogP contribution in [0.15, 0.2) is 224 Å². The van der Waals surface area contributed by atoms with Crippen molar-refractivity contribution in [2.24, 2.45) is 0 Å². The maximum atomic E-state index is 2.40. The average Bonchev–Trinajstić information content (AvgIpc) is 3.28. The lowest BCUT2D eigenvalue weighted by Crippen LogP contribution is -2.37. The van der Waals surface area contributed by atoms with Gasteiger partial charge >= 0.3 is 0 Å². The van der Waals surface area contributed by atoms with Crippen molar-refractivity contribution >= 4 is 58.2 Å². The van der Waals surface area contributed by atoms with Crippen molar-refractivity contribution in [3.63, 3.8) is 0 Å². The molecule has 3 heteroatoms. The van der Waals surface area contributed by atoms with Crippen LogP contribution in [0.4, 0.5) is 34.1 Å². The highest BCUT2D eigenvalue weighted by atomic mass is 28.3. The van der Waals surface area contributed by atoms with Crippen LogP contribution in [-0.2, 0) is 0 Å². The second kappa shape index (κ2) is 15.9. The number of benzene rings is 9. The fraction of sp³-hybridized carbons (Fsp3) is 0.0545. The molecule has 9 rings (SSSR count). The van der Waals surface area contributed by atoms with E-state index in [4.69, 9.17) is 0 Å². The first-order valence-electron chi connectivity index (χ1n) is 20.1. The molecule has 0 amide bonds. The first-order chi connectivity index (χ1) is 28.4. The largest absolute Gasteiger partial charge is 0.311 e. The smallest absolute Gasteiger partial charge is 0.0775 e. The van der Waals surface area contributed by atoms with Crippen LogP contribution in [0.1, 0.15) is 0 Å². The number of rotatable bonds is 10. The van der Waals surface area contributed by atoms with E-state index in [0.29, 0.717) is 0 Å². The predicted octanol–water partition coefficient (Wildman–Crippen LogP) is 15.3. The average molecular weight is 763 g/mol. The lowest BCUT2D eigenvalue weighted by Gasteiger charge is -2.26. The number of para-hydroxylation sites is 2. The molecule has 0 N–H and O–H groups in total. The molecule has 9 aromatic rings. The molecular weight excluding hydrogens is 717 g/mol. The van der Waals surface area contributed by atoms with Gasteiger partial charge in [0.15, 0.2) is 0 Å². The Morgan fingerprint density at radius 3 is 1.03 bits per heavy atom. The Balaban J connectivity index is 0.953. The maximum Gasteiger partial charge on any atom is 0.0775 e. The van der Waals surface area contributed by atoms with Gasteiger partial charge in [0.05, 0.1) is 8.07 Å². The van der Waals surface area contributed by atoms with Crippen molar-refractivity contribution in [2.45, 2.75) is 19.6 Å². The first kappa shape index (κ1) is 36.7. The van der Waals surface area contributed by atoms with Crippen molar-refractivity contribution < 1.29 is 0 Å². The number of nitrogens with zero attached hydrogens (tertiary/aromatic N) is 2. The Bertz CT molecular complexity index is 2750. The third-order valence-corrected chi connectivity index (χ3v) is 13.1. The van der Waals surface area contributed by atoms with E-state index in [-0.39, 0.29) is 0 Å². The van der Waals surface area contributed by atoms with Crippen LogP contribution in [0.5, 0.6) is 0 Å². The minimum atomic E-state index is -1.39. The molecule has 0 spiro atoms. The van der Waals surface area contributed by atoms with Crippen LogP contribution in [0.3, 0.4) is 0 Å². The fourth-order valence-electron chi connectivity index (χ4n) is 7.89. The monoisotopic (exact) mass is 762 g/mol. The van der Waals surface area contributed by atoms with Crippen LogP contribution in [0, 0.1) is 0 Å². The third kappa shape index (κ3) is 7.60. The predicted molar refractivity (Wildman–Crippen MR) is 253 cm³/mol. The molecule has 58 heavy (non-hydrogen) atoms. The Morgan fingerprint density at radius 1 is 0.276 bits per heavy atom. The van der Waals surface area contributed by atoms with Gasteiger partial charge < -0.3 is 9.80 Å². The Labute approximate surface area is 344 Å².